The van der Waals surface area contributed by atoms with Crippen LogP contribution in [0.15, 0.2) is 0 Å². The summed E-state index contributed by atoms with van der Waals surface area (Å²) in [6, 6.07) is 1.33. The Morgan fingerprint density at radius 3 is 2.55 bits per heavy atom. The number of hydrogen-bond acceptors (Lipinski definition) is 3. The van der Waals surface area contributed by atoms with E-state index < -0.39 is 0 Å². The molecule has 120 valence electrons. The molecule has 0 spiro atoms. The van der Waals surface area contributed by atoms with E-state index in [0.717, 1.165) is 25.6 Å². The van der Waals surface area contributed by atoms with Gasteiger partial charge in [-0.15, -0.1) is 0 Å². The summed E-state index contributed by atoms with van der Waals surface area (Å²) in [7, 11) is 0. The maximum absolute atomic E-state index is 5.92. The minimum atomic E-state index is -0.0234. The molecule has 3 nitrogen and oxygen atoms in total. The standard InChI is InChI=1S/C17H36N2O/c1-7-9-15-12-18-16(14(3)8-2)13-19(15)10-11-20-17(4,5)6/h14-16,18H,7-13H2,1-6H3. The van der Waals surface area contributed by atoms with Gasteiger partial charge in [-0.1, -0.05) is 33.6 Å². The Balaban J connectivity index is 2.50. The van der Waals surface area contributed by atoms with E-state index in [4.69, 9.17) is 4.74 Å². The maximum atomic E-state index is 5.92. The van der Waals surface area contributed by atoms with Crippen LogP contribution in [0.3, 0.4) is 0 Å². The van der Waals surface area contributed by atoms with E-state index in [1.807, 2.05) is 0 Å². The third kappa shape index (κ3) is 6.11. The molecule has 1 aliphatic rings. The first kappa shape index (κ1) is 17.9. The summed E-state index contributed by atoms with van der Waals surface area (Å²) in [5.74, 6) is 0.753. The van der Waals surface area contributed by atoms with Crippen LogP contribution in [0.25, 0.3) is 0 Å². The van der Waals surface area contributed by atoms with Crippen molar-refractivity contribution in [2.24, 2.45) is 5.92 Å². The van der Waals surface area contributed by atoms with E-state index >= 15 is 0 Å². The molecule has 0 aliphatic carbocycles. The quantitative estimate of drug-likeness (QED) is 0.776. The highest BCUT2D eigenvalue weighted by atomic mass is 16.5. The molecule has 1 heterocycles. The number of hydrogen-bond donors (Lipinski definition) is 1. The second-order valence-electron chi connectivity index (χ2n) is 7.30. The van der Waals surface area contributed by atoms with Crippen molar-refractivity contribution >= 4 is 0 Å². The second kappa shape index (κ2) is 8.35. The molecule has 1 N–H and O–H groups in total. The van der Waals surface area contributed by atoms with Gasteiger partial charge in [-0.2, -0.15) is 0 Å². The molecular weight excluding hydrogens is 248 g/mol. The van der Waals surface area contributed by atoms with Gasteiger partial charge >= 0.3 is 0 Å². The molecule has 3 heteroatoms. The summed E-state index contributed by atoms with van der Waals surface area (Å²) in [5, 5.41) is 3.76. The molecule has 1 fully saturated rings. The Morgan fingerprint density at radius 1 is 1.30 bits per heavy atom. The third-order valence-corrected chi connectivity index (χ3v) is 4.43. The van der Waals surface area contributed by atoms with Crippen LogP contribution >= 0.6 is 0 Å². The lowest BCUT2D eigenvalue weighted by molar-refractivity contribution is -0.0244. The van der Waals surface area contributed by atoms with Gasteiger partial charge in [0.15, 0.2) is 0 Å². The summed E-state index contributed by atoms with van der Waals surface area (Å²) in [6.45, 7) is 17.6. The van der Waals surface area contributed by atoms with Crippen LogP contribution in [-0.4, -0.2) is 48.8 Å². The molecular formula is C17H36N2O. The Morgan fingerprint density at radius 2 is 2.00 bits per heavy atom. The van der Waals surface area contributed by atoms with E-state index in [1.54, 1.807) is 0 Å². The third-order valence-electron chi connectivity index (χ3n) is 4.43. The van der Waals surface area contributed by atoms with Gasteiger partial charge < -0.3 is 10.1 Å². The number of nitrogens with zero attached hydrogens (tertiary/aromatic N) is 1. The Hall–Kier alpha value is -0.120. The molecule has 3 unspecified atom stereocenters. The average molecular weight is 284 g/mol. The van der Waals surface area contributed by atoms with Gasteiger partial charge in [0.1, 0.15) is 0 Å². The lowest BCUT2D eigenvalue weighted by atomic mass is 9.94. The first-order valence-corrected chi connectivity index (χ1v) is 8.48. The largest absolute Gasteiger partial charge is 0.375 e. The number of rotatable bonds is 7. The minimum Gasteiger partial charge on any atom is -0.375 e. The summed E-state index contributed by atoms with van der Waals surface area (Å²) >= 11 is 0. The molecule has 20 heavy (non-hydrogen) atoms. The SMILES string of the molecule is CCCC1CNC(C(C)CC)CN1CCOC(C)(C)C. The lowest BCUT2D eigenvalue weighted by Gasteiger charge is -2.42. The first-order valence-electron chi connectivity index (χ1n) is 8.48. The van der Waals surface area contributed by atoms with Crippen LogP contribution < -0.4 is 5.32 Å². The zero-order valence-corrected chi connectivity index (χ0v) is 14.5. The van der Waals surface area contributed by atoms with Crippen molar-refractivity contribution in [1.29, 1.82) is 0 Å². The highest BCUT2D eigenvalue weighted by Crippen LogP contribution is 2.18. The van der Waals surface area contributed by atoms with Crippen LogP contribution in [0.4, 0.5) is 0 Å². The van der Waals surface area contributed by atoms with E-state index in [9.17, 15) is 0 Å². The van der Waals surface area contributed by atoms with Crippen LogP contribution in [0, 0.1) is 5.92 Å². The summed E-state index contributed by atoms with van der Waals surface area (Å²) in [4.78, 5) is 2.66. The monoisotopic (exact) mass is 284 g/mol. The van der Waals surface area contributed by atoms with Crippen molar-refractivity contribution in [1.82, 2.24) is 10.2 Å². The van der Waals surface area contributed by atoms with Crippen molar-refractivity contribution in [3.05, 3.63) is 0 Å². The molecule has 1 aliphatic heterocycles. The van der Waals surface area contributed by atoms with Crippen molar-refractivity contribution < 1.29 is 4.74 Å². The fourth-order valence-electron chi connectivity index (χ4n) is 2.91. The number of ether oxygens (including phenoxy) is 1. The molecule has 3 atom stereocenters. The van der Waals surface area contributed by atoms with Gasteiger partial charge in [-0.3, -0.25) is 4.90 Å². The van der Waals surface area contributed by atoms with Gasteiger partial charge in [-0.25, -0.2) is 0 Å². The molecule has 1 rings (SSSR count). The minimum absolute atomic E-state index is 0.0234. The smallest absolute Gasteiger partial charge is 0.0600 e. The van der Waals surface area contributed by atoms with E-state index in [1.165, 1.54) is 25.8 Å². The predicted molar refractivity (Wildman–Crippen MR) is 87.2 cm³/mol. The first-order chi connectivity index (χ1) is 9.37. The topological polar surface area (TPSA) is 24.5 Å². The molecule has 0 radical (unpaired) electrons. The molecule has 0 bridgehead atoms. The van der Waals surface area contributed by atoms with Crippen molar-refractivity contribution in [3.63, 3.8) is 0 Å². The van der Waals surface area contributed by atoms with E-state index in [2.05, 4.69) is 51.8 Å². The summed E-state index contributed by atoms with van der Waals surface area (Å²) in [6.07, 6.45) is 3.80. The molecule has 0 saturated carbocycles. The predicted octanol–water partition coefficient (Wildman–Crippen LogP) is 3.29. The number of piperazine rings is 1. The van der Waals surface area contributed by atoms with Crippen LogP contribution in [0.1, 0.15) is 60.8 Å². The van der Waals surface area contributed by atoms with Gasteiger partial charge in [0.05, 0.1) is 12.2 Å². The van der Waals surface area contributed by atoms with Gasteiger partial charge in [0, 0.05) is 31.7 Å². The highest BCUT2D eigenvalue weighted by molar-refractivity contribution is 4.88. The lowest BCUT2D eigenvalue weighted by Crippen LogP contribution is -2.58. The summed E-state index contributed by atoms with van der Waals surface area (Å²) in [5.41, 5.74) is -0.0234. The molecule has 0 aromatic carbocycles. The van der Waals surface area contributed by atoms with Gasteiger partial charge in [0.2, 0.25) is 0 Å². The Kier molecular flexibility index (Phi) is 7.49. The molecule has 0 aromatic rings. The maximum Gasteiger partial charge on any atom is 0.0600 e. The van der Waals surface area contributed by atoms with Crippen molar-refractivity contribution in [2.45, 2.75) is 78.5 Å². The van der Waals surface area contributed by atoms with Gasteiger partial charge in [-0.05, 0) is 33.1 Å². The Labute approximate surface area is 126 Å². The molecule has 0 amide bonds. The van der Waals surface area contributed by atoms with Crippen molar-refractivity contribution in [3.8, 4) is 0 Å². The highest BCUT2D eigenvalue weighted by Gasteiger charge is 2.29. The van der Waals surface area contributed by atoms with Crippen LogP contribution in [0.2, 0.25) is 0 Å². The van der Waals surface area contributed by atoms with Gasteiger partial charge in [0.25, 0.3) is 0 Å². The zero-order valence-electron chi connectivity index (χ0n) is 14.5. The zero-order chi connectivity index (χ0) is 15.2. The molecule has 0 aromatic heterocycles. The normalized spacial score (nSPS) is 26.7. The molecule has 1 saturated heterocycles. The fraction of sp³-hybridized carbons (Fsp3) is 1.00. The fourth-order valence-corrected chi connectivity index (χ4v) is 2.91. The summed E-state index contributed by atoms with van der Waals surface area (Å²) < 4.78 is 5.92. The van der Waals surface area contributed by atoms with Crippen molar-refractivity contribution in [2.75, 3.05) is 26.2 Å². The van der Waals surface area contributed by atoms with Crippen LogP contribution in [-0.2, 0) is 4.74 Å². The van der Waals surface area contributed by atoms with E-state index in [-0.39, 0.29) is 5.60 Å². The second-order valence-corrected chi connectivity index (χ2v) is 7.30. The van der Waals surface area contributed by atoms with Crippen LogP contribution in [0.5, 0.6) is 0 Å². The van der Waals surface area contributed by atoms with E-state index in [0.29, 0.717) is 12.1 Å². The Bertz CT molecular complexity index is 262. The average Bonchev–Trinajstić information content (AvgIpc) is 2.38. The number of nitrogens with one attached hydrogen (secondary N) is 1.